The van der Waals surface area contributed by atoms with E-state index in [4.69, 9.17) is 0 Å². The van der Waals surface area contributed by atoms with Crippen molar-refractivity contribution in [2.24, 2.45) is 0 Å². The molecule has 1 heterocycles. The van der Waals surface area contributed by atoms with Crippen LogP contribution in [0.25, 0.3) is 5.69 Å². The molecular weight excluding hydrogens is 329 g/mol. The van der Waals surface area contributed by atoms with Crippen LogP contribution in [0.2, 0.25) is 0 Å². The molecule has 0 spiro atoms. The van der Waals surface area contributed by atoms with Crippen LogP contribution in [0.4, 0.5) is 4.39 Å². The third-order valence-electron chi connectivity index (χ3n) is 4.91. The van der Waals surface area contributed by atoms with Crippen LogP contribution in [0.3, 0.4) is 0 Å². The maximum absolute atomic E-state index is 13.0. The Bertz CT molecular complexity index is 917. The first kappa shape index (κ1) is 16.5. The van der Waals surface area contributed by atoms with Gasteiger partial charge in [0.2, 0.25) is 5.91 Å². The number of carbonyl (C=O) groups excluding carboxylic acids is 1. The summed E-state index contributed by atoms with van der Waals surface area (Å²) in [6, 6.07) is 14.5. The van der Waals surface area contributed by atoms with Crippen molar-refractivity contribution < 1.29 is 9.18 Å². The lowest BCUT2D eigenvalue weighted by molar-refractivity contribution is -0.121. The third-order valence-corrected chi connectivity index (χ3v) is 4.91. The lowest BCUT2D eigenvalue weighted by Crippen LogP contribution is -2.24. The lowest BCUT2D eigenvalue weighted by Gasteiger charge is -2.11. The molecule has 1 atom stereocenters. The molecule has 0 saturated heterocycles. The maximum Gasteiger partial charge on any atom is 0.220 e. The van der Waals surface area contributed by atoms with Gasteiger partial charge in [-0.25, -0.2) is 9.07 Å². The molecule has 0 aliphatic heterocycles. The zero-order chi connectivity index (χ0) is 17.9. The zero-order valence-corrected chi connectivity index (χ0v) is 14.4. The first-order valence-electron chi connectivity index (χ1n) is 8.83. The number of aryl methyl sites for hydroxylation is 1. The fourth-order valence-electron chi connectivity index (χ4n) is 3.54. The predicted molar refractivity (Wildman–Crippen MR) is 97.5 cm³/mol. The highest BCUT2D eigenvalue weighted by atomic mass is 19.1. The molecule has 1 aromatic heterocycles. The second-order valence-electron chi connectivity index (χ2n) is 6.68. The van der Waals surface area contributed by atoms with E-state index in [1.807, 2.05) is 12.3 Å². The Hall–Kier alpha value is -2.95. The first-order chi connectivity index (χ1) is 12.7. The lowest BCUT2D eigenvalue weighted by atomic mass is 9.97. The number of hydrogen-bond donors (Lipinski definition) is 1. The molecule has 1 amide bonds. The SMILES string of the molecule is O=C(C[C@@H]1CCc2ccccc21)NCc1cnn(-c2ccc(F)cc2)c1. The van der Waals surface area contributed by atoms with Gasteiger partial charge in [-0.1, -0.05) is 24.3 Å². The molecule has 1 aliphatic rings. The van der Waals surface area contributed by atoms with E-state index in [1.54, 1.807) is 23.0 Å². The number of rotatable bonds is 5. The van der Waals surface area contributed by atoms with Crippen molar-refractivity contribution >= 4 is 5.91 Å². The molecule has 2 aromatic carbocycles. The maximum atomic E-state index is 13.0. The number of hydrogen-bond acceptors (Lipinski definition) is 2. The van der Waals surface area contributed by atoms with Gasteiger partial charge in [0, 0.05) is 24.7 Å². The first-order valence-corrected chi connectivity index (χ1v) is 8.83. The summed E-state index contributed by atoms with van der Waals surface area (Å²) in [4.78, 5) is 12.3. The summed E-state index contributed by atoms with van der Waals surface area (Å²) in [5.41, 5.74) is 4.37. The summed E-state index contributed by atoms with van der Waals surface area (Å²) in [5.74, 6) is 0.0938. The van der Waals surface area contributed by atoms with Crippen molar-refractivity contribution in [1.82, 2.24) is 15.1 Å². The highest BCUT2D eigenvalue weighted by Gasteiger charge is 2.24. The fraction of sp³-hybridized carbons (Fsp3) is 0.238. The van der Waals surface area contributed by atoms with E-state index >= 15 is 0 Å². The fourth-order valence-corrected chi connectivity index (χ4v) is 3.54. The molecule has 0 unspecified atom stereocenters. The van der Waals surface area contributed by atoms with E-state index < -0.39 is 0 Å². The molecule has 1 aliphatic carbocycles. The normalized spacial score (nSPS) is 15.7. The standard InChI is InChI=1S/C21H20FN3O/c22-18-7-9-19(10-8-18)25-14-15(13-24-25)12-23-21(26)11-17-6-5-16-3-1-2-4-20(16)17/h1-4,7-10,13-14,17H,5-6,11-12H2,(H,23,26)/t17-/m0/s1. The average Bonchev–Trinajstić information content (AvgIpc) is 3.28. The van der Waals surface area contributed by atoms with Gasteiger partial charge in [-0.2, -0.15) is 5.10 Å². The predicted octanol–water partition coefficient (Wildman–Crippen LogP) is 3.75. The summed E-state index contributed by atoms with van der Waals surface area (Å²) >= 11 is 0. The molecule has 4 rings (SSSR count). The second kappa shape index (κ2) is 7.12. The number of fused-ring (bicyclic) bond motifs is 1. The van der Waals surface area contributed by atoms with Crippen molar-refractivity contribution in [3.63, 3.8) is 0 Å². The van der Waals surface area contributed by atoms with Gasteiger partial charge in [-0.3, -0.25) is 4.79 Å². The number of amides is 1. The molecule has 132 valence electrons. The highest BCUT2D eigenvalue weighted by Crippen LogP contribution is 2.35. The van der Waals surface area contributed by atoms with Crippen molar-refractivity contribution in [3.05, 3.63) is 83.4 Å². The summed E-state index contributed by atoms with van der Waals surface area (Å²) in [5, 5.41) is 7.25. The monoisotopic (exact) mass is 349 g/mol. The van der Waals surface area contributed by atoms with Crippen LogP contribution >= 0.6 is 0 Å². The van der Waals surface area contributed by atoms with Gasteiger partial charge in [0.15, 0.2) is 0 Å². The number of aromatic nitrogens is 2. The molecule has 0 saturated carbocycles. The van der Waals surface area contributed by atoms with Crippen LogP contribution in [-0.4, -0.2) is 15.7 Å². The summed E-state index contributed by atoms with van der Waals surface area (Å²) in [6.07, 6.45) is 6.17. The van der Waals surface area contributed by atoms with Gasteiger partial charge in [-0.15, -0.1) is 0 Å². The Balaban J connectivity index is 1.33. The van der Waals surface area contributed by atoms with E-state index in [1.165, 1.54) is 23.3 Å². The minimum atomic E-state index is -0.276. The van der Waals surface area contributed by atoms with E-state index in [2.05, 4.69) is 28.6 Å². The molecule has 3 aromatic rings. The smallest absolute Gasteiger partial charge is 0.220 e. The Morgan fingerprint density at radius 2 is 2.00 bits per heavy atom. The zero-order valence-electron chi connectivity index (χ0n) is 14.4. The van der Waals surface area contributed by atoms with Crippen LogP contribution in [0, 0.1) is 5.82 Å². The van der Waals surface area contributed by atoms with Crippen molar-refractivity contribution in [2.45, 2.75) is 31.7 Å². The van der Waals surface area contributed by atoms with Gasteiger partial charge in [-0.05, 0) is 54.2 Å². The Morgan fingerprint density at radius 3 is 2.85 bits per heavy atom. The number of benzene rings is 2. The second-order valence-corrected chi connectivity index (χ2v) is 6.68. The van der Waals surface area contributed by atoms with Gasteiger partial charge in [0.1, 0.15) is 5.82 Å². The average molecular weight is 349 g/mol. The summed E-state index contributed by atoms with van der Waals surface area (Å²) in [6.45, 7) is 0.439. The van der Waals surface area contributed by atoms with E-state index in [9.17, 15) is 9.18 Å². The van der Waals surface area contributed by atoms with Crippen LogP contribution in [0.5, 0.6) is 0 Å². The molecule has 5 heteroatoms. The molecule has 4 nitrogen and oxygen atoms in total. The van der Waals surface area contributed by atoms with Crippen LogP contribution < -0.4 is 5.32 Å². The van der Waals surface area contributed by atoms with Crippen LogP contribution in [0.1, 0.15) is 35.4 Å². The molecule has 0 fully saturated rings. The Labute approximate surface area is 151 Å². The van der Waals surface area contributed by atoms with E-state index in [0.717, 1.165) is 24.1 Å². The molecule has 0 radical (unpaired) electrons. The minimum Gasteiger partial charge on any atom is -0.352 e. The summed E-state index contributed by atoms with van der Waals surface area (Å²) in [7, 11) is 0. The minimum absolute atomic E-state index is 0.0567. The summed E-state index contributed by atoms with van der Waals surface area (Å²) < 4.78 is 14.7. The van der Waals surface area contributed by atoms with Crippen LogP contribution in [-0.2, 0) is 17.8 Å². The van der Waals surface area contributed by atoms with Gasteiger partial charge in [0.05, 0.1) is 11.9 Å². The highest BCUT2D eigenvalue weighted by molar-refractivity contribution is 5.77. The van der Waals surface area contributed by atoms with Crippen molar-refractivity contribution in [2.75, 3.05) is 0 Å². The van der Waals surface area contributed by atoms with Crippen molar-refractivity contribution in [3.8, 4) is 5.69 Å². The Morgan fingerprint density at radius 1 is 1.19 bits per heavy atom. The quantitative estimate of drug-likeness (QED) is 0.763. The number of halogens is 1. The molecule has 0 bridgehead atoms. The number of nitrogens with zero attached hydrogens (tertiary/aromatic N) is 2. The van der Waals surface area contributed by atoms with E-state index in [0.29, 0.717) is 18.9 Å². The molecule has 1 N–H and O–H groups in total. The van der Waals surface area contributed by atoms with Crippen LogP contribution in [0.15, 0.2) is 60.9 Å². The number of nitrogens with one attached hydrogen (secondary N) is 1. The van der Waals surface area contributed by atoms with E-state index in [-0.39, 0.29) is 11.7 Å². The number of carbonyl (C=O) groups is 1. The largest absolute Gasteiger partial charge is 0.352 e. The molecular formula is C21H20FN3O. The Kier molecular flexibility index (Phi) is 4.52. The van der Waals surface area contributed by atoms with Gasteiger partial charge < -0.3 is 5.32 Å². The van der Waals surface area contributed by atoms with Gasteiger partial charge >= 0.3 is 0 Å². The van der Waals surface area contributed by atoms with Gasteiger partial charge in [0.25, 0.3) is 0 Å². The third kappa shape index (κ3) is 3.52. The molecule has 26 heavy (non-hydrogen) atoms. The van der Waals surface area contributed by atoms with Crippen molar-refractivity contribution in [1.29, 1.82) is 0 Å². The topological polar surface area (TPSA) is 46.9 Å².